The van der Waals surface area contributed by atoms with Gasteiger partial charge in [-0.3, -0.25) is 0 Å². The molecular weight excluding hydrogens is 289 g/mol. The number of halogens is 1. The molecule has 1 aromatic rings. The number of methoxy groups -OCH3 is 1. The van der Waals surface area contributed by atoms with Gasteiger partial charge in [0.25, 0.3) is 17.2 Å². The number of aryl methyl sites for hydroxylation is 1. The first-order valence-corrected chi connectivity index (χ1v) is 4.31. The van der Waals surface area contributed by atoms with Crippen molar-refractivity contribution in [2.24, 2.45) is 7.05 Å². The Morgan fingerprint density at radius 3 is 2.75 bits per heavy atom. The van der Waals surface area contributed by atoms with E-state index < -0.39 is 0 Å². The Hall–Kier alpha value is -0.110. The highest BCUT2D eigenvalue weighted by Crippen LogP contribution is 2.08. The molecule has 0 spiro atoms. The third kappa shape index (κ3) is 3.10. The molecule has 0 aliphatic heterocycles. The lowest BCUT2D eigenvalue weighted by molar-refractivity contribution is -0.735. The second kappa shape index (κ2) is 5.52. The Bertz CT molecular complexity index is 236. The Kier molecular flexibility index (Phi) is 5.47. The van der Waals surface area contributed by atoms with Gasteiger partial charge in [0, 0.05) is 5.10 Å². The van der Waals surface area contributed by atoms with Gasteiger partial charge in [0.1, 0.15) is 0 Å². The van der Waals surface area contributed by atoms with Crippen LogP contribution in [0.4, 0.5) is 0 Å². The molecule has 0 unspecified atom stereocenters. The molecule has 1 heterocycles. The van der Waals surface area contributed by atoms with Crippen LogP contribution in [0, 0.1) is 0 Å². The van der Waals surface area contributed by atoms with Crippen molar-refractivity contribution in [2.45, 2.75) is 5.16 Å². The van der Waals surface area contributed by atoms with Crippen molar-refractivity contribution >= 4 is 11.8 Å². The molecule has 12 heavy (non-hydrogen) atoms. The standard InChI is InChI=1S/C6H10N3OS.HI/c1-9-4-5(10-2)7-6(8-9)11-3;/h4H,1-3H3;1H/q+1;/p-1. The van der Waals surface area contributed by atoms with Crippen molar-refractivity contribution in [3.63, 3.8) is 0 Å². The van der Waals surface area contributed by atoms with Crippen LogP contribution < -0.4 is 33.4 Å². The maximum Gasteiger partial charge on any atom is 0.284 e. The van der Waals surface area contributed by atoms with E-state index in [0.29, 0.717) is 11.0 Å². The molecule has 0 N–H and O–H groups in total. The van der Waals surface area contributed by atoms with Crippen molar-refractivity contribution in [3.05, 3.63) is 6.20 Å². The van der Waals surface area contributed by atoms with E-state index in [1.807, 2.05) is 13.3 Å². The SMILES string of the molecule is COc1c[n+](C)nc(SC)n1.[I-]. The molecule has 0 fully saturated rings. The van der Waals surface area contributed by atoms with Gasteiger partial charge >= 0.3 is 0 Å². The normalized spacial score (nSPS) is 8.92. The molecular formula is C6H10IN3OS. The number of ether oxygens (including phenoxy) is 1. The minimum Gasteiger partial charge on any atom is -1.00 e. The number of aromatic nitrogens is 3. The van der Waals surface area contributed by atoms with Gasteiger partial charge < -0.3 is 28.7 Å². The molecule has 1 aromatic heterocycles. The summed E-state index contributed by atoms with van der Waals surface area (Å²) >= 11 is 1.49. The highest BCUT2D eigenvalue weighted by molar-refractivity contribution is 7.98. The zero-order valence-corrected chi connectivity index (χ0v) is 10.1. The smallest absolute Gasteiger partial charge is 0.284 e. The largest absolute Gasteiger partial charge is 1.00 e. The maximum absolute atomic E-state index is 4.95. The first-order chi connectivity index (χ1) is 5.26. The van der Waals surface area contributed by atoms with Crippen LogP contribution >= 0.6 is 11.8 Å². The second-order valence-electron chi connectivity index (χ2n) is 1.94. The summed E-state index contributed by atoms with van der Waals surface area (Å²) in [6.45, 7) is 0. The van der Waals surface area contributed by atoms with Gasteiger partial charge in [0.2, 0.25) is 0 Å². The van der Waals surface area contributed by atoms with E-state index in [0.717, 1.165) is 0 Å². The zero-order valence-electron chi connectivity index (χ0n) is 7.11. The van der Waals surface area contributed by atoms with E-state index in [4.69, 9.17) is 4.74 Å². The first kappa shape index (κ1) is 11.9. The van der Waals surface area contributed by atoms with Crippen LogP contribution in [-0.4, -0.2) is 23.4 Å². The van der Waals surface area contributed by atoms with Crippen molar-refractivity contribution in [3.8, 4) is 5.88 Å². The topological polar surface area (TPSA) is 38.9 Å². The molecule has 0 aliphatic rings. The third-order valence-electron chi connectivity index (χ3n) is 1.14. The minimum atomic E-state index is 0. The fourth-order valence-corrected chi connectivity index (χ4v) is 1.05. The molecule has 1 rings (SSSR count). The van der Waals surface area contributed by atoms with Gasteiger partial charge in [0.15, 0.2) is 7.05 Å². The van der Waals surface area contributed by atoms with E-state index in [1.54, 1.807) is 18.0 Å². The summed E-state index contributed by atoms with van der Waals surface area (Å²) in [6, 6.07) is 0. The van der Waals surface area contributed by atoms with E-state index in [1.165, 1.54) is 11.8 Å². The van der Waals surface area contributed by atoms with Crippen molar-refractivity contribution in [1.82, 2.24) is 10.1 Å². The predicted octanol–water partition coefficient (Wildman–Crippen LogP) is -2.96. The summed E-state index contributed by atoms with van der Waals surface area (Å²) in [6.07, 6.45) is 3.65. The van der Waals surface area contributed by atoms with Crippen LogP contribution in [0.5, 0.6) is 5.88 Å². The van der Waals surface area contributed by atoms with E-state index in [-0.39, 0.29) is 24.0 Å². The molecule has 0 aliphatic carbocycles. The molecule has 0 bridgehead atoms. The van der Waals surface area contributed by atoms with Crippen molar-refractivity contribution < 1.29 is 33.4 Å². The molecule has 68 valence electrons. The summed E-state index contributed by atoms with van der Waals surface area (Å²) in [5.74, 6) is 0.590. The van der Waals surface area contributed by atoms with Crippen LogP contribution in [-0.2, 0) is 7.05 Å². The number of thioether (sulfide) groups is 1. The maximum atomic E-state index is 4.95. The van der Waals surface area contributed by atoms with Crippen LogP contribution in [0.3, 0.4) is 0 Å². The highest BCUT2D eigenvalue weighted by Gasteiger charge is 2.05. The Morgan fingerprint density at radius 2 is 2.25 bits per heavy atom. The minimum absolute atomic E-state index is 0. The van der Waals surface area contributed by atoms with Gasteiger partial charge in [-0.05, 0) is 6.26 Å². The number of nitrogens with zero attached hydrogens (tertiary/aromatic N) is 3. The Morgan fingerprint density at radius 1 is 1.58 bits per heavy atom. The lowest BCUT2D eigenvalue weighted by Crippen LogP contribution is -3.00. The Balaban J connectivity index is 0.00000121. The average molecular weight is 299 g/mol. The fraction of sp³-hybridized carbons (Fsp3) is 0.500. The Labute approximate surface area is 92.7 Å². The van der Waals surface area contributed by atoms with Crippen LogP contribution in [0.2, 0.25) is 0 Å². The molecule has 0 atom stereocenters. The number of hydrogen-bond donors (Lipinski definition) is 0. The lowest BCUT2D eigenvalue weighted by atomic mass is 10.8. The van der Waals surface area contributed by atoms with Gasteiger partial charge in [-0.2, -0.15) is 4.98 Å². The fourth-order valence-electron chi connectivity index (χ4n) is 0.654. The van der Waals surface area contributed by atoms with Gasteiger partial charge in [-0.25, -0.2) is 0 Å². The predicted molar refractivity (Wildman–Crippen MR) is 41.5 cm³/mol. The van der Waals surface area contributed by atoms with E-state index >= 15 is 0 Å². The quantitative estimate of drug-likeness (QED) is 0.332. The number of rotatable bonds is 2. The van der Waals surface area contributed by atoms with Gasteiger partial charge in [-0.1, -0.05) is 16.4 Å². The van der Waals surface area contributed by atoms with Crippen LogP contribution in [0.15, 0.2) is 11.4 Å². The van der Waals surface area contributed by atoms with Crippen LogP contribution in [0.25, 0.3) is 0 Å². The zero-order chi connectivity index (χ0) is 8.27. The van der Waals surface area contributed by atoms with Crippen molar-refractivity contribution in [2.75, 3.05) is 13.4 Å². The van der Waals surface area contributed by atoms with E-state index in [9.17, 15) is 0 Å². The molecule has 0 amide bonds. The van der Waals surface area contributed by atoms with Crippen molar-refractivity contribution in [1.29, 1.82) is 0 Å². The monoisotopic (exact) mass is 299 g/mol. The molecule has 0 saturated carbocycles. The third-order valence-corrected chi connectivity index (χ3v) is 1.68. The highest BCUT2D eigenvalue weighted by atomic mass is 127. The summed E-state index contributed by atoms with van der Waals surface area (Å²) in [5, 5.41) is 4.80. The lowest BCUT2D eigenvalue weighted by Gasteiger charge is -1.95. The molecule has 0 aromatic carbocycles. The molecule has 0 radical (unpaired) electrons. The van der Waals surface area contributed by atoms with Gasteiger partial charge in [0.05, 0.1) is 7.11 Å². The molecule has 0 saturated heterocycles. The average Bonchev–Trinajstić information content (AvgIpc) is 2.03. The molecule has 4 nitrogen and oxygen atoms in total. The summed E-state index contributed by atoms with van der Waals surface area (Å²) in [4.78, 5) is 4.08. The summed E-state index contributed by atoms with van der Waals surface area (Å²) in [5.41, 5.74) is 0. The second-order valence-corrected chi connectivity index (χ2v) is 2.72. The number of hydrogen-bond acceptors (Lipinski definition) is 4. The molecule has 6 heteroatoms. The summed E-state index contributed by atoms with van der Waals surface area (Å²) < 4.78 is 6.63. The van der Waals surface area contributed by atoms with E-state index in [2.05, 4.69) is 10.1 Å². The van der Waals surface area contributed by atoms with Gasteiger partial charge in [-0.15, -0.1) is 0 Å². The first-order valence-electron chi connectivity index (χ1n) is 3.09. The van der Waals surface area contributed by atoms with Crippen LogP contribution in [0.1, 0.15) is 0 Å². The summed E-state index contributed by atoms with van der Waals surface area (Å²) in [7, 11) is 3.43.